The van der Waals surface area contributed by atoms with Gasteiger partial charge in [0.1, 0.15) is 11.8 Å². The normalized spacial score (nSPS) is 9.59. The molecule has 0 unspecified atom stereocenters. The van der Waals surface area contributed by atoms with Crippen LogP contribution in [-0.2, 0) is 6.54 Å². The first kappa shape index (κ1) is 11.1. The number of nitrogens with zero attached hydrogens (tertiary/aromatic N) is 1. The highest BCUT2D eigenvalue weighted by Crippen LogP contribution is 2.18. The summed E-state index contributed by atoms with van der Waals surface area (Å²) >= 11 is 0. The van der Waals surface area contributed by atoms with E-state index in [0.717, 1.165) is 11.3 Å². The summed E-state index contributed by atoms with van der Waals surface area (Å²) in [7, 11) is 0. The first-order chi connectivity index (χ1) is 8.38. The number of ether oxygens (including phenoxy) is 1. The van der Waals surface area contributed by atoms with Gasteiger partial charge < -0.3 is 14.5 Å². The van der Waals surface area contributed by atoms with Gasteiger partial charge in [-0.3, -0.25) is 0 Å². The number of nitriles is 1. The van der Waals surface area contributed by atoms with Crippen LogP contribution in [0.25, 0.3) is 0 Å². The summed E-state index contributed by atoms with van der Waals surface area (Å²) in [5.41, 5.74) is 2.02. The molecule has 1 heterocycles. The molecule has 0 bridgehead atoms. The summed E-state index contributed by atoms with van der Waals surface area (Å²) in [6, 6.07) is 11.3. The van der Waals surface area contributed by atoms with E-state index in [2.05, 4.69) is 5.32 Å². The number of hydrogen-bond acceptors (Lipinski definition) is 4. The highest BCUT2D eigenvalue weighted by Gasteiger charge is 1.98. The molecule has 0 fully saturated rings. The Balaban J connectivity index is 1.94. The van der Waals surface area contributed by atoms with Crippen LogP contribution in [0.15, 0.2) is 47.3 Å². The lowest BCUT2D eigenvalue weighted by molar-refractivity contribution is 0.368. The summed E-state index contributed by atoms with van der Waals surface area (Å²) in [5.74, 6) is 0.684. The summed E-state index contributed by atoms with van der Waals surface area (Å²) in [6.45, 7) is 0.753. The molecule has 0 saturated carbocycles. The lowest BCUT2D eigenvalue weighted by atomic mass is 10.2. The number of furan rings is 1. The standard InChI is InChI=1S/C13H12N2O2/c14-5-7-17-13-3-1-2-12(8-13)15-9-11-4-6-16-10-11/h1-4,6,8,10,15H,7,9H2. The quantitative estimate of drug-likeness (QED) is 0.854. The van der Waals surface area contributed by atoms with E-state index in [4.69, 9.17) is 14.4 Å². The van der Waals surface area contributed by atoms with Crippen LogP contribution in [0.5, 0.6) is 5.75 Å². The van der Waals surface area contributed by atoms with Crippen molar-refractivity contribution in [3.63, 3.8) is 0 Å². The Morgan fingerprint density at radius 2 is 2.29 bits per heavy atom. The van der Waals surface area contributed by atoms with Crippen LogP contribution >= 0.6 is 0 Å². The third-order valence-electron chi connectivity index (χ3n) is 2.21. The third kappa shape index (κ3) is 3.28. The Bertz CT molecular complexity index is 500. The number of hydrogen-bond donors (Lipinski definition) is 1. The third-order valence-corrected chi connectivity index (χ3v) is 2.21. The fraction of sp³-hybridized carbons (Fsp3) is 0.154. The minimum atomic E-state index is 0.0607. The molecular formula is C13H12N2O2. The van der Waals surface area contributed by atoms with Crippen LogP contribution in [0.3, 0.4) is 0 Å². The molecule has 0 amide bonds. The molecule has 0 saturated heterocycles. The molecular weight excluding hydrogens is 216 g/mol. The molecule has 0 radical (unpaired) electrons. The van der Waals surface area contributed by atoms with E-state index < -0.39 is 0 Å². The molecule has 1 N–H and O–H groups in total. The Morgan fingerprint density at radius 3 is 3.06 bits per heavy atom. The van der Waals surface area contributed by atoms with Gasteiger partial charge in [0.05, 0.1) is 12.5 Å². The predicted molar refractivity (Wildman–Crippen MR) is 63.6 cm³/mol. The maximum Gasteiger partial charge on any atom is 0.174 e. The van der Waals surface area contributed by atoms with Crippen LogP contribution < -0.4 is 10.1 Å². The van der Waals surface area contributed by atoms with Crippen LogP contribution in [0, 0.1) is 11.3 Å². The topological polar surface area (TPSA) is 58.2 Å². The maximum absolute atomic E-state index is 8.42. The van der Waals surface area contributed by atoms with Crippen molar-refractivity contribution in [3.05, 3.63) is 48.4 Å². The van der Waals surface area contributed by atoms with Gasteiger partial charge in [0.25, 0.3) is 0 Å². The van der Waals surface area contributed by atoms with Gasteiger partial charge in [0.15, 0.2) is 6.61 Å². The predicted octanol–water partition coefficient (Wildman–Crippen LogP) is 2.79. The van der Waals surface area contributed by atoms with Crippen molar-refractivity contribution in [2.24, 2.45) is 0 Å². The van der Waals surface area contributed by atoms with Crippen LogP contribution in [0.4, 0.5) is 5.69 Å². The zero-order valence-electron chi connectivity index (χ0n) is 9.22. The molecule has 4 nitrogen and oxygen atoms in total. The Labute approximate surface area is 99.4 Å². The van der Waals surface area contributed by atoms with Crippen LogP contribution in [0.1, 0.15) is 5.56 Å². The number of rotatable bonds is 5. The first-order valence-corrected chi connectivity index (χ1v) is 5.23. The fourth-order valence-electron chi connectivity index (χ4n) is 1.41. The van der Waals surface area contributed by atoms with Crippen molar-refractivity contribution in [2.75, 3.05) is 11.9 Å². The lowest BCUT2D eigenvalue weighted by Gasteiger charge is -2.07. The van der Waals surface area contributed by atoms with Crippen molar-refractivity contribution in [1.29, 1.82) is 5.26 Å². The van der Waals surface area contributed by atoms with E-state index in [1.54, 1.807) is 12.5 Å². The van der Waals surface area contributed by atoms with Crippen LogP contribution in [0.2, 0.25) is 0 Å². The SMILES string of the molecule is N#CCOc1cccc(NCc2ccoc2)c1. The highest BCUT2D eigenvalue weighted by atomic mass is 16.5. The first-order valence-electron chi connectivity index (χ1n) is 5.23. The second-order valence-electron chi connectivity index (χ2n) is 3.46. The Morgan fingerprint density at radius 1 is 1.35 bits per heavy atom. The second-order valence-corrected chi connectivity index (χ2v) is 3.46. The molecule has 0 aliphatic heterocycles. The molecule has 1 aromatic heterocycles. The summed E-state index contributed by atoms with van der Waals surface area (Å²) in [6.07, 6.45) is 3.34. The van der Waals surface area contributed by atoms with Crippen molar-refractivity contribution in [1.82, 2.24) is 0 Å². The minimum absolute atomic E-state index is 0.0607. The Kier molecular flexibility index (Phi) is 3.66. The van der Waals surface area contributed by atoms with E-state index >= 15 is 0 Å². The summed E-state index contributed by atoms with van der Waals surface area (Å²) < 4.78 is 10.2. The van der Waals surface area contributed by atoms with Gasteiger partial charge in [-0.2, -0.15) is 5.26 Å². The highest BCUT2D eigenvalue weighted by molar-refractivity contribution is 5.48. The van der Waals surface area contributed by atoms with Gasteiger partial charge in [-0.15, -0.1) is 0 Å². The van der Waals surface area contributed by atoms with Gasteiger partial charge in [-0.05, 0) is 18.2 Å². The molecule has 2 rings (SSSR count). The molecule has 0 aliphatic rings. The Hall–Kier alpha value is -2.41. The van der Waals surface area contributed by atoms with Crippen molar-refractivity contribution in [3.8, 4) is 11.8 Å². The average Bonchev–Trinajstić information content (AvgIpc) is 2.87. The number of nitrogens with one attached hydrogen (secondary N) is 1. The minimum Gasteiger partial charge on any atom is -0.479 e. The van der Waals surface area contributed by atoms with E-state index in [9.17, 15) is 0 Å². The summed E-state index contributed by atoms with van der Waals surface area (Å²) in [4.78, 5) is 0. The van der Waals surface area contributed by atoms with E-state index in [1.165, 1.54) is 0 Å². The zero-order chi connectivity index (χ0) is 11.9. The maximum atomic E-state index is 8.42. The largest absolute Gasteiger partial charge is 0.479 e. The molecule has 0 spiro atoms. The van der Waals surface area contributed by atoms with Crippen molar-refractivity contribution < 1.29 is 9.15 Å². The fourth-order valence-corrected chi connectivity index (χ4v) is 1.41. The van der Waals surface area contributed by atoms with Crippen LogP contribution in [-0.4, -0.2) is 6.61 Å². The van der Waals surface area contributed by atoms with Crippen molar-refractivity contribution in [2.45, 2.75) is 6.54 Å². The van der Waals surface area contributed by atoms with E-state index in [-0.39, 0.29) is 6.61 Å². The smallest absolute Gasteiger partial charge is 0.174 e. The number of anilines is 1. The molecule has 4 heteroatoms. The zero-order valence-corrected chi connectivity index (χ0v) is 9.22. The monoisotopic (exact) mass is 228 g/mol. The molecule has 0 atom stereocenters. The van der Waals surface area contributed by atoms with Gasteiger partial charge >= 0.3 is 0 Å². The molecule has 2 aromatic rings. The summed E-state index contributed by atoms with van der Waals surface area (Å²) in [5, 5.41) is 11.7. The van der Waals surface area contributed by atoms with E-state index in [1.807, 2.05) is 36.4 Å². The molecule has 0 aliphatic carbocycles. The number of benzene rings is 1. The van der Waals surface area contributed by atoms with Crippen molar-refractivity contribution >= 4 is 5.69 Å². The molecule has 86 valence electrons. The van der Waals surface area contributed by atoms with Gasteiger partial charge in [0, 0.05) is 23.9 Å². The van der Waals surface area contributed by atoms with Gasteiger partial charge in [0.2, 0.25) is 0 Å². The van der Waals surface area contributed by atoms with Gasteiger partial charge in [-0.1, -0.05) is 6.07 Å². The average molecular weight is 228 g/mol. The van der Waals surface area contributed by atoms with E-state index in [0.29, 0.717) is 12.3 Å². The van der Waals surface area contributed by atoms with Gasteiger partial charge in [-0.25, -0.2) is 0 Å². The molecule has 17 heavy (non-hydrogen) atoms. The molecule has 1 aromatic carbocycles. The lowest BCUT2D eigenvalue weighted by Crippen LogP contribution is -1.99. The second kappa shape index (κ2) is 5.61.